The van der Waals surface area contributed by atoms with Crippen molar-refractivity contribution in [3.8, 4) is 0 Å². The zero-order valence-corrected chi connectivity index (χ0v) is 9.09. The summed E-state index contributed by atoms with van der Waals surface area (Å²) in [6.45, 7) is 2.13. The minimum Gasteiger partial charge on any atom is -0.264 e. The van der Waals surface area contributed by atoms with Crippen LogP contribution in [0.25, 0.3) is 0 Å². The highest BCUT2D eigenvalue weighted by atomic mass is 35.5. The molecule has 0 saturated heterocycles. The SMILES string of the molecule is Cc1cnccc1C1CC=C(Cl)CC1. The van der Waals surface area contributed by atoms with Gasteiger partial charge in [-0.1, -0.05) is 17.7 Å². The third kappa shape index (κ3) is 1.98. The van der Waals surface area contributed by atoms with Gasteiger partial charge in [0.25, 0.3) is 0 Å². The molecule has 1 aliphatic carbocycles. The first-order valence-corrected chi connectivity index (χ1v) is 5.40. The first-order valence-electron chi connectivity index (χ1n) is 5.02. The van der Waals surface area contributed by atoms with Crippen molar-refractivity contribution in [2.75, 3.05) is 0 Å². The Kier molecular flexibility index (Phi) is 2.87. The van der Waals surface area contributed by atoms with Crippen molar-refractivity contribution in [3.63, 3.8) is 0 Å². The Labute approximate surface area is 89.8 Å². The van der Waals surface area contributed by atoms with Gasteiger partial charge in [0.2, 0.25) is 0 Å². The van der Waals surface area contributed by atoms with Crippen LogP contribution in [0, 0.1) is 6.92 Å². The molecular formula is C12H14ClN. The van der Waals surface area contributed by atoms with Gasteiger partial charge >= 0.3 is 0 Å². The molecule has 74 valence electrons. The molecule has 1 atom stereocenters. The number of aryl methyl sites for hydroxylation is 1. The zero-order valence-electron chi connectivity index (χ0n) is 8.33. The first-order chi connectivity index (χ1) is 6.77. The zero-order chi connectivity index (χ0) is 9.97. The van der Waals surface area contributed by atoms with Gasteiger partial charge in [0, 0.05) is 17.4 Å². The molecule has 1 nitrogen and oxygen atoms in total. The van der Waals surface area contributed by atoms with Crippen LogP contribution in [0.5, 0.6) is 0 Å². The molecule has 0 fully saturated rings. The largest absolute Gasteiger partial charge is 0.264 e. The minimum absolute atomic E-state index is 0.639. The van der Waals surface area contributed by atoms with Crippen LogP contribution in [0.2, 0.25) is 0 Å². The van der Waals surface area contributed by atoms with Gasteiger partial charge in [-0.05, 0) is 49.3 Å². The van der Waals surface area contributed by atoms with E-state index >= 15 is 0 Å². The summed E-state index contributed by atoms with van der Waals surface area (Å²) in [4.78, 5) is 4.11. The van der Waals surface area contributed by atoms with Crippen LogP contribution in [-0.2, 0) is 0 Å². The van der Waals surface area contributed by atoms with Crippen LogP contribution < -0.4 is 0 Å². The molecule has 1 aliphatic rings. The lowest BCUT2D eigenvalue weighted by Gasteiger charge is -2.21. The normalized spacial score (nSPS) is 21.9. The maximum atomic E-state index is 5.96. The minimum atomic E-state index is 0.639. The standard InChI is InChI=1S/C12H14ClN/c1-9-8-14-7-6-12(9)10-2-4-11(13)5-3-10/h4,6-8,10H,2-3,5H2,1H3. The van der Waals surface area contributed by atoms with Crippen molar-refractivity contribution in [2.45, 2.75) is 32.1 Å². The van der Waals surface area contributed by atoms with E-state index in [1.807, 2.05) is 12.4 Å². The Hall–Kier alpha value is -0.820. The number of allylic oxidation sites excluding steroid dienone is 2. The summed E-state index contributed by atoms with van der Waals surface area (Å²) in [5.41, 5.74) is 2.73. The van der Waals surface area contributed by atoms with Gasteiger partial charge < -0.3 is 0 Å². The van der Waals surface area contributed by atoms with Crippen molar-refractivity contribution >= 4 is 11.6 Å². The Morgan fingerprint density at radius 3 is 3.00 bits per heavy atom. The van der Waals surface area contributed by atoms with Gasteiger partial charge in [-0.25, -0.2) is 0 Å². The molecule has 1 unspecified atom stereocenters. The molecule has 1 aromatic rings. The Morgan fingerprint density at radius 1 is 1.50 bits per heavy atom. The Bertz CT molecular complexity index is 357. The van der Waals surface area contributed by atoms with E-state index in [9.17, 15) is 0 Å². The molecular weight excluding hydrogens is 194 g/mol. The summed E-state index contributed by atoms with van der Waals surface area (Å²) in [5, 5.41) is 1.02. The maximum Gasteiger partial charge on any atom is 0.0299 e. The molecule has 14 heavy (non-hydrogen) atoms. The molecule has 1 heterocycles. The Balaban J connectivity index is 2.21. The summed E-state index contributed by atoms with van der Waals surface area (Å²) >= 11 is 5.96. The summed E-state index contributed by atoms with van der Waals surface area (Å²) < 4.78 is 0. The fraction of sp³-hybridized carbons (Fsp3) is 0.417. The lowest BCUT2D eigenvalue weighted by Crippen LogP contribution is -2.04. The Morgan fingerprint density at radius 2 is 2.36 bits per heavy atom. The van der Waals surface area contributed by atoms with E-state index in [0.717, 1.165) is 17.9 Å². The molecule has 1 aromatic heterocycles. The molecule has 0 amide bonds. The second-order valence-electron chi connectivity index (χ2n) is 3.85. The molecule has 0 aliphatic heterocycles. The highest BCUT2D eigenvalue weighted by Gasteiger charge is 2.16. The lowest BCUT2D eigenvalue weighted by molar-refractivity contribution is 0.607. The fourth-order valence-corrected chi connectivity index (χ4v) is 2.23. The van der Waals surface area contributed by atoms with Gasteiger partial charge in [0.05, 0.1) is 0 Å². The summed E-state index contributed by atoms with van der Waals surface area (Å²) in [6, 6.07) is 2.13. The van der Waals surface area contributed by atoms with Gasteiger partial charge in [0.1, 0.15) is 0 Å². The number of nitrogens with zero attached hydrogens (tertiary/aromatic N) is 1. The number of pyridine rings is 1. The number of hydrogen-bond donors (Lipinski definition) is 0. The topological polar surface area (TPSA) is 12.9 Å². The van der Waals surface area contributed by atoms with Crippen molar-refractivity contribution in [3.05, 3.63) is 40.7 Å². The van der Waals surface area contributed by atoms with Crippen molar-refractivity contribution in [2.24, 2.45) is 0 Å². The third-order valence-electron chi connectivity index (χ3n) is 2.86. The maximum absolute atomic E-state index is 5.96. The predicted molar refractivity (Wildman–Crippen MR) is 59.5 cm³/mol. The second kappa shape index (κ2) is 4.14. The van der Waals surface area contributed by atoms with E-state index in [0.29, 0.717) is 5.92 Å². The van der Waals surface area contributed by atoms with Crippen LogP contribution in [-0.4, -0.2) is 4.98 Å². The number of hydrogen-bond acceptors (Lipinski definition) is 1. The van der Waals surface area contributed by atoms with E-state index in [4.69, 9.17) is 11.6 Å². The molecule has 0 bridgehead atoms. The van der Waals surface area contributed by atoms with E-state index in [-0.39, 0.29) is 0 Å². The molecule has 2 heteroatoms. The number of aromatic nitrogens is 1. The summed E-state index contributed by atoms with van der Waals surface area (Å²) in [5.74, 6) is 0.639. The molecule has 0 radical (unpaired) electrons. The van der Waals surface area contributed by atoms with E-state index in [2.05, 4.69) is 24.1 Å². The van der Waals surface area contributed by atoms with Crippen molar-refractivity contribution in [1.82, 2.24) is 4.98 Å². The summed E-state index contributed by atoms with van der Waals surface area (Å²) in [7, 11) is 0. The lowest BCUT2D eigenvalue weighted by atomic mass is 9.86. The van der Waals surface area contributed by atoms with Gasteiger partial charge in [-0.3, -0.25) is 4.98 Å². The second-order valence-corrected chi connectivity index (χ2v) is 4.34. The summed E-state index contributed by atoms with van der Waals surface area (Å²) in [6.07, 6.45) is 9.23. The number of halogens is 1. The fourth-order valence-electron chi connectivity index (χ4n) is 2.03. The van der Waals surface area contributed by atoms with Crippen LogP contribution in [0.3, 0.4) is 0 Å². The number of rotatable bonds is 1. The highest BCUT2D eigenvalue weighted by Crippen LogP contribution is 2.34. The quantitative estimate of drug-likeness (QED) is 0.683. The molecule has 2 rings (SSSR count). The molecule has 0 saturated carbocycles. The van der Waals surface area contributed by atoms with Crippen molar-refractivity contribution in [1.29, 1.82) is 0 Å². The van der Waals surface area contributed by atoms with Crippen LogP contribution in [0.4, 0.5) is 0 Å². The first kappa shape index (κ1) is 9.72. The molecule has 0 aromatic carbocycles. The van der Waals surface area contributed by atoms with Crippen LogP contribution in [0.1, 0.15) is 36.3 Å². The average Bonchev–Trinajstić information content (AvgIpc) is 2.20. The van der Waals surface area contributed by atoms with Crippen LogP contribution >= 0.6 is 11.6 Å². The van der Waals surface area contributed by atoms with Gasteiger partial charge in [-0.15, -0.1) is 0 Å². The van der Waals surface area contributed by atoms with Gasteiger partial charge in [-0.2, -0.15) is 0 Å². The van der Waals surface area contributed by atoms with Crippen molar-refractivity contribution < 1.29 is 0 Å². The molecule has 0 spiro atoms. The van der Waals surface area contributed by atoms with Crippen LogP contribution in [0.15, 0.2) is 29.6 Å². The smallest absolute Gasteiger partial charge is 0.0299 e. The average molecular weight is 208 g/mol. The van der Waals surface area contributed by atoms with E-state index in [1.54, 1.807) is 0 Å². The molecule has 0 N–H and O–H groups in total. The third-order valence-corrected chi connectivity index (χ3v) is 3.20. The predicted octanol–water partition coefficient (Wildman–Crippen LogP) is 3.78. The van der Waals surface area contributed by atoms with E-state index in [1.165, 1.54) is 17.5 Å². The van der Waals surface area contributed by atoms with E-state index < -0.39 is 0 Å². The van der Waals surface area contributed by atoms with Gasteiger partial charge in [0.15, 0.2) is 0 Å². The highest BCUT2D eigenvalue weighted by molar-refractivity contribution is 6.29. The monoisotopic (exact) mass is 207 g/mol.